The minimum Gasteiger partial charge on any atom is -0.323 e. The van der Waals surface area contributed by atoms with Gasteiger partial charge in [-0.2, -0.15) is 0 Å². The molecule has 3 aromatic carbocycles. The molecule has 0 saturated carbocycles. The van der Waals surface area contributed by atoms with Crippen LogP contribution in [0.25, 0.3) is 11.0 Å². The van der Waals surface area contributed by atoms with Crippen molar-refractivity contribution < 1.29 is 4.79 Å². The van der Waals surface area contributed by atoms with Crippen molar-refractivity contribution in [2.45, 2.75) is 52.0 Å². The molecule has 1 atom stereocenters. The number of rotatable bonds is 7. The zero-order valence-corrected chi connectivity index (χ0v) is 19.5. The van der Waals surface area contributed by atoms with E-state index in [1.54, 1.807) is 0 Å². The van der Waals surface area contributed by atoms with Crippen molar-refractivity contribution in [3.63, 3.8) is 0 Å². The second-order valence-corrected chi connectivity index (χ2v) is 9.21. The van der Waals surface area contributed by atoms with E-state index in [1.165, 1.54) is 29.5 Å². The highest BCUT2D eigenvalue weighted by Crippen LogP contribution is 2.33. The molecule has 1 fully saturated rings. The summed E-state index contributed by atoms with van der Waals surface area (Å²) in [6, 6.07) is 25.5. The highest BCUT2D eigenvalue weighted by Gasteiger charge is 2.34. The number of benzene rings is 3. The van der Waals surface area contributed by atoms with Gasteiger partial charge in [0.1, 0.15) is 5.82 Å². The Morgan fingerprint density at radius 3 is 2.42 bits per heavy atom. The fourth-order valence-corrected chi connectivity index (χ4v) is 4.80. The van der Waals surface area contributed by atoms with E-state index >= 15 is 0 Å². The van der Waals surface area contributed by atoms with Crippen LogP contribution in [-0.4, -0.2) is 22.0 Å². The summed E-state index contributed by atoms with van der Waals surface area (Å²) in [7, 11) is 0. The number of unbranched alkanes of at least 4 members (excludes halogenated alkanes) is 1. The third-order valence-electron chi connectivity index (χ3n) is 6.70. The largest absolute Gasteiger partial charge is 0.323 e. The highest BCUT2D eigenvalue weighted by molar-refractivity contribution is 5.96. The smallest absolute Gasteiger partial charge is 0.227 e. The van der Waals surface area contributed by atoms with Crippen LogP contribution in [0.1, 0.15) is 54.6 Å². The standard InChI is InChI=1S/C29H31N3O/c1-3-4-7-22-14-16-25(17-15-22)31-20-24(18-28(31)33)29-30-26-8-5-6-9-27(26)32(29)19-23-12-10-21(2)11-13-23/h5-6,8-17,24H,3-4,7,18-20H2,1-2H3. The topological polar surface area (TPSA) is 38.1 Å². The van der Waals surface area contributed by atoms with Crippen molar-refractivity contribution in [3.8, 4) is 0 Å². The molecular formula is C29H31N3O. The van der Waals surface area contributed by atoms with E-state index in [0.717, 1.165) is 35.5 Å². The average molecular weight is 438 g/mol. The van der Waals surface area contributed by atoms with Gasteiger partial charge in [-0.15, -0.1) is 0 Å². The lowest BCUT2D eigenvalue weighted by molar-refractivity contribution is -0.117. The summed E-state index contributed by atoms with van der Waals surface area (Å²) in [4.78, 5) is 20.0. The van der Waals surface area contributed by atoms with Gasteiger partial charge in [-0.25, -0.2) is 4.98 Å². The molecule has 0 bridgehead atoms. The third-order valence-corrected chi connectivity index (χ3v) is 6.70. The fourth-order valence-electron chi connectivity index (χ4n) is 4.80. The number of carbonyl (C=O) groups is 1. The molecule has 1 unspecified atom stereocenters. The average Bonchev–Trinajstić information content (AvgIpc) is 3.40. The Bertz CT molecular complexity index is 1250. The number of carbonyl (C=O) groups excluding carboxylic acids is 1. The maximum absolute atomic E-state index is 13.0. The van der Waals surface area contributed by atoms with Crippen molar-refractivity contribution in [1.29, 1.82) is 0 Å². The zero-order valence-electron chi connectivity index (χ0n) is 19.5. The Labute approximate surface area is 195 Å². The van der Waals surface area contributed by atoms with E-state index in [4.69, 9.17) is 4.98 Å². The lowest BCUT2D eigenvalue weighted by Crippen LogP contribution is -2.24. The highest BCUT2D eigenvalue weighted by atomic mass is 16.2. The van der Waals surface area contributed by atoms with Crippen LogP contribution < -0.4 is 4.90 Å². The molecule has 0 N–H and O–H groups in total. The van der Waals surface area contributed by atoms with Gasteiger partial charge in [0, 0.05) is 31.1 Å². The van der Waals surface area contributed by atoms with Crippen molar-refractivity contribution in [2.75, 3.05) is 11.4 Å². The first-order valence-corrected chi connectivity index (χ1v) is 12.0. The lowest BCUT2D eigenvalue weighted by atomic mass is 10.1. The van der Waals surface area contributed by atoms with E-state index < -0.39 is 0 Å². The molecule has 1 amide bonds. The van der Waals surface area contributed by atoms with Crippen LogP contribution in [0, 0.1) is 6.92 Å². The summed E-state index contributed by atoms with van der Waals surface area (Å²) in [6.07, 6.45) is 3.98. The number of aryl methyl sites for hydroxylation is 2. The number of nitrogens with zero attached hydrogens (tertiary/aromatic N) is 3. The molecule has 1 aliphatic heterocycles. The molecule has 4 nitrogen and oxygen atoms in total. The molecule has 4 heteroatoms. The summed E-state index contributed by atoms with van der Waals surface area (Å²) in [5, 5.41) is 0. The Hall–Kier alpha value is -3.40. The van der Waals surface area contributed by atoms with Gasteiger partial charge in [-0.05, 0) is 55.2 Å². The molecule has 33 heavy (non-hydrogen) atoms. The molecule has 1 aliphatic rings. The SMILES string of the molecule is CCCCc1ccc(N2CC(c3nc4ccccc4n3Cc3ccc(C)cc3)CC2=O)cc1. The number of amides is 1. The van der Waals surface area contributed by atoms with Crippen LogP contribution in [0.4, 0.5) is 5.69 Å². The van der Waals surface area contributed by atoms with Crippen LogP contribution in [0.2, 0.25) is 0 Å². The molecule has 1 aromatic heterocycles. The van der Waals surface area contributed by atoms with Gasteiger partial charge in [0.15, 0.2) is 0 Å². The summed E-state index contributed by atoms with van der Waals surface area (Å²) < 4.78 is 2.30. The van der Waals surface area contributed by atoms with Gasteiger partial charge in [0.25, 0.3) is 0 Å². The predicted octanol–water partition coefficient (Wildman–Crippen LogP) is 6.26. The first-order chi connectivity index (χ1) is 16.1. The van der Waals surface area contributed by atoms with Crippen LogP contribution in [0.3, 0.4) is 0 Å². The number of anilines is 1. The van der Waals surface area contributed by atoms with Gasteiger partial charge < -0.3 is 9.47 Å². The Morgan fingerprint density at radius 1 is 0.939 bits per heavy atom. The van der Waals surface area contributed by atoms with Crippen LogP contribution in [0.15, 0.2) is 72.8 Å². The molecule has 4 aromatic rings. The van der Waals surface area contributed by atoms with Gasteiger partial charge in [0.2, 0.25) is 5.91 Å². The van der Waals surface area contributed by atoms with Gasteiger partial charge in [-0.1, -0.05) is 67.4 Å². The molecule has 5 rings (SSSR count). The number of hydrogen-bond acceptors (Lipinski definition) is 2. The van der Waals surface area contributed by atoms with E-state index in [-0.39, 0.29) is 11.8 Å². The van der Waals surface area contributed by atoms with E-state index in [0.29, 0.717) is 13.0 Å². The maximum Gasteiger partial charge on any atom is 0.227 e. The second-order valence-electron chi connectivity index (χ2n) is 9.21. The molecule has 0 aliphatic carbocycles. The number of para-hydroxylation sites is 2. The fraction of sp³-hybridized carbons (Fsp3) is 0.310. The minimum atomic E-state index is 0.0788. The van der Waals surface area contributed by atoms with Crippen LogP contribution in [0.5, 0.6) is 0 Å². The molecule has 1 saturated heterocycles. The number of hydrogen-bond donors (Lipinski definition) is 0. The third kappa shape index (κ3) is 4.43. The van der Waals surface area contributed by atoms with Crippen LogP contribution in [-0.2, 0) is 17.8 Å². The van der Waals surface area contributed by atoms with Crippen molar-refractivity contribution in [3.05, 3.63) is 95.3 Å². The Kier molecular flexibility index (Phi) is 5.99. The monoisotopic (exact) mass is 437 g/mol. The Morgan fingerprint density at radius 2 is 1.67 bits per heavy atom. The molecule has 0 spiro atoms. The number of imidazole rings is 1. The van der Waals surface area contributed by atoms with Gasteiger partial charge in [-0.3, -0.25) is 4.79 Å². The molecule has 0 radical (unpaired) electrons. The van der Waals surface area contributed by atoms with Crippen LogP contribution >= 0.6 is 0 Å². The van der Waals surface area contributed by atoms with Gasteiger partial charge in [0.05, 0.1) is 11.0 Å². The molecule has 168 valence electrons. The van der Waals surface area contributed by atoms with Crippen molar-refractivity contribution in [2.24, 2.45) is 0 Å². The summed E-state index contributed by atoms with van der Waals surface area (Å²) in [6.45, 7) is 5.75. The maximum atomic E-state index is 13.0. The zero-order chi connectivity index (χ0) is 22.8. The summed E-state index contributed by atoms with van der Waals surface area (Å²) in [5.74, 6) is 1.26. The quantitative estimate of drug-likeness (QED) is 0.342. The first-order valence-electron chi connectivity index (χ1n) is 12.0. The first kappa shape index (κ1) is 21.4. The van der Waals surface area contributed by atoms with Crippen molar-refractivity contribution in [1.82, 2.24) is 9.55 Å². The Balaban J connectivity index is 1.43. The normalized spacial score (nSPS) is 16.1. The summed E-state index contributed by atoms with van der Waals surface area (Å²) in [5.41, 5.74) is 6.94. The second kappa shape index (κ2) is 9.22. The van der Waals surface area contributed by atoms with E-state index in [9.17, 15) is 4.79 Å². The summed E-state index contributed by atoms with van der Waals surface area (Å²) >= 11 is 0. The molecular weight excluding hydrogens is 406 g/mol. The number of aromatic nitrogens is 2. The molecule has 2 heterocycles. The minimum absolute atomic E-state index is 0.0788. The lowest BCUT2D eigenvalue weighted by Gasteiger charge is -2.18. The predicted molar refractivity (Wildman–Crippen MR) is 135 cm³/mol. The van der Waals surface area contributed by atoms with E-state index in [1.807, 2.05) is 11.0 Å². The van der Waals surface area contributed by atoms with Crippen molar-refractivity contribution >= 4 is 22.6 Å². The van der Waals surface area contributed by atoms with E-state index in [2.05, 4.69) is 85.1 Å². The number of fused-ring (bicyclic) bond motifs is 1. The van der Waals surface area contributed by atoms with Gasteiger partial charge >= 0.3 is 0 Å².